The van der Waals surface area contributed by atoms with Gasteiger partial charge in [-0.3, -0.25) is 0 Å². The van der Waals surface area contributed by atoms with Crippen molar-refractivity contribution in [1.82, 2.24) is 9.88 Å². The first-order valence-corrected chi connectivity index (χ1v) is 6.95. The van der Waals surface area contributed by atoms with Crippen molar-refractivity contribution in [3.8, 4) is 11.9 Å². The Balaban J connectivity index is 1.62. The highest BCUT2D eigenvalue weighted by molar-refractivity contribution is 5.28. The highest BCUT2D eigenvalue weighted by Gasteiger charge is 2.15. The summed E-state index contributed by atoms with van der Waals surface area (Å²) in [5.74, 6) is 1.47. The summed E-state index contributed by atoms with van der Waals surface area (Å²) in [5.41, 5.74) is 0.568. The molecule has 0 amide bonds. The molecule has 0 bridgehead atoms. The molecule has 1 aromatic heterocycles. The van der Waals surface area contributed by atoms with Gasteiger partial charge in [-0.15, -0.1) is 0 Å². The van der Waals surface area contributed by atoms with E-state index in [2.05, 4.69) is 16.9 Å². The molecule has 1 fully saturated rings. The van der Waals surface area contributed by atoms with Gasteiger partial charge in [0, 0.05) is 12.3 Å². The van der Waals surface area contributed by atoms with Gasteiger partial charge in [-0.05, 0) is 57.8 Å². The van der Waals surface area contributed by atoms with Gasteiger partial charge in [-0.1, -0.05) is 0 Å². The van der Waals surface area contributed by atoms with Crippen LogP contribution in [0.5, 0.6) is 5.88 Å². The summed E-state index contributed by atoms with van der Waals surface area (Å²) in [6.45, 7) is 3.16. The number of piperidine rings is 1. The van der Waals surface area contributed by atoms with Crippen LogP contribution in [0.15, 0.2) is 18.3 Å². The second-order valence-electron chi connectivity index (χ2n) is 5.23. The molecule has 4 heteroatoms. The van der Waals surface area contributed by atoms with Gasteiger partial charge in [-0.2, -0.15) is 5.26 Å². The first-order valence-electron chi connectivity index (χ1n) is 6.95. The average Bonchev–Trinajstić information content (AvgIpc) is 2.46. The quantitative estimate of drug-likeness (QED) is 0.762. The van der Waals surface area contributed by atoms with E-state index in [-0.39, 0.29) is 0 Å². The Bertz CT molecular complexity index is 416. The predicted molar refractivity (Wildman–Crippen MR) is 73.9 cm³/mol. The number of hydrogen-bond acceptors (Lipinski definition) is 4. The van der Waals surface area contributed by atoms with Crippen LogP contribution in [0.2, 0.25) is 0 Å². The van der Waals surface area contributed by atoms with Gasteiger partial charge in [0.2, 0.25) is 5.88 Å². The van der Waals surface area contributed by atoms with Crippen LogP contribution in [0.25, 0.3) is 0 Å². The zero-order chi connectivity index (χ0) is 13.5. The maximum atomic E-state index is 8.67. The third-order valence-electron chi connectivity index (χ3n) is 3.71. The number of pyridine rings is 1. The Labute approximate surface area is 115 Å². The van der Waals surface area contributed by atoms with E-state index in [1.54, 1.807) is 18.3 Å². The maximum Gasteiger partial charge on any atom is 0.213 e. The van der Waals surface area contributed by atoms with Gasteiger partial charge in [0.05, 0.1) is 12.2 Å². The molecule has 0 spiro atoms. The number of nitriles is 1. The fraction of sp³-hybridized carbons (Fsp3) is 0.600. The van der Waals surface area contributed by atoms with Crippen LogP contribution in [-0.2, 0) is 0 Å². The minimum atomic E-state index is 0.568. The van der Waals surface area contributed by atoms with Crippen molar-refractivity contribution in [2.45, 2.75) is 25.7 Å². The summed E-state index contributed by atoms with van der Waals surface area (Å²) in [6, 6.07) is 5.54. The van der Waals surface area contributed by atoms with Gasteiger partial charge in [0.25, 0.3) is 0 Å². The summed E-state index contributed by atoms with van der Waals surface area (Å²) in [6.07, 6.45) is 6.49. The van der Waals surface area contributed by atoms with Crippen molar-refractivity contribution in [1.29, 1.82) is 5.26 Å². The molecule has 2 heterocycles. The number of ether oxygens (including phenoxy) is 1. The number of hydrogen-bond donors (Lipinski definition) is 0. The Hall–Kier alpha value is -1.60. The van der Waals surface area contributed by atoms with Crippen LogP contribution >= 0.6 is 0 Å². The molecule has 19 heavy (non-hydrogen) atoms. The number of likely N-dealkylation sites (tertiary alicyclic amines) is 1. The largest absolute Gasteiger partial charge is 0.478 e. The van der Waals surface area contributed by atoms with E-state index in [1.165, 1.54) is 32.4 Å². The van der Waals surface area contributed by atoms with Crippen molar-refractivity contribution < 1.29 is 4.74 Å². The molecule has 0 radical (unpaired) electrons. The SMILES string of the molecule is CN1CCC(CCCOc2ccc(C#N)cn2)CC1. The van der Waals surface area contributed by atoms with Crippen LogP contribution in [-0.4, -0.2) is 36.6 Å². The van der Waals surface area contributed by atoms with Crippen molar-refractivity contribution >= 4 is 0 Å². The van der Waals surface area contributed by atoms with E-state index in [9.17, 15) is 0 Å². The van der Waals surface area contributed by atoms with Crippen molar-refractivity contribution in [3.05, 3.63) is 23.9 Å². The molecule has 4 nitrogen and oxygen atoms in total. The second kappa shape index (κ2) is 7.10. The molecule has 2 rings (SSSR count). The summed E-state index contributed by atoms with van der Waals surface area (Å²) < 4.78 is 5.59. The standard InChI is InChI=1S/C15H21N3O/c1-18-8-6-13(7-9-18)3-2-10-19-15-5-4-14(11-16)12-17-15/h4-5,12-13H,2-3,6-10H2,1H3. The molecule has 0 unspecified atom stereocenters. The molecule has 0 aromatic carbocycles. The third-order valence-corrected chi connectivity index (χ3v) is 3.71. The Morgan fingerprint density at radius 3 is 2.84 bits per heavy atom. The van der Waals surface area contributed by atoms with Crippen molar-refractivity contribution in [3.63, 3.8) is 0 Å². The van der Waals surface area contributed by atoms with Crippen molar-refractivity contribution in [2.75, 3.05) is 26.7 Å². The molecule has 0 atom stereocenters. The third kappa shape index (κ3) is 4.53. The van der Waals surface area contributed by atoms with Gasteiger partial charge >= 0.3 is 0 Å². The van der Waals surface area contributed by atoms with Crippen LogP contribution in [0, 0.1) is 17.2 Å². The summed E-state index contributed by atoms with van der Waals surface area (Å²) in [4.78, 5) is 6.49. The number of rotatable bonds is 5. The smallest absolute Gasteiger partial charge is 0.213 e. The van der Waals surface area contributed by atoms with Gasteiger partial charge in [0.1, 0.15) is 6.07 Å². The lowest BCUT2D eigenvalue weighted by molar-refractivity contribution is 0.199. The number of aromatic nitrogens is 1. The minimum Gasteiger partial charge on any atom is -0.478 e. The Morgan fingerprint density at radius 2 is 2.21 bits per heavy atom. The highest BCUT2D eigenvalue weighted by Crippen LogP contribution is 2.21. The van der Waals surface area contributed by atoms with Gasteiger partial charge in [-0.25, -0.2) is 4.98 Å². The normalized spacial score (nSPS) is 17.1. The first-order chi connectivity index (χ1) is 9.28. The van der Waals surface area contributed by atoms with E-state index in [4.69, 9.17) is 10.00 Å². The average molecular weight is 259 g/mol. The van der Waals surface area contributed by atoms with Crippen LogP contribution in [0.3, 0.4) is 0 Å². The lowest BCUT2D eigenvalue weighted by Gasteiger charge is -2.28. The second-order valence-corrected chi connectivity index (χ2v) is 5.23. The van der Waals surface area contributed by atoms with E-state index in [0.29, 0.717) is 18.1 Å². The Morgan fingerprint density at radius 1 is 1.42 bits per heavy atom. The molecule has 102 valence electrons. The maximum absolute atomic E-state index is 8.67. The highest BCUT2D eigenvalue weighted by atomic mass is 16.5. The molecular weight excluding hydrogens is 238 g/mol. The molecule has 1 aliphatic rings. The number of nitrogens with zero attached hydrogens (tertiary/aromatic N) is 3. The molecular formula is C15H21N3O. The molecule has 1 saturated heterocycles. The van der Waals surface area contributed by atoms with Crippen LogP contribution in [0.4, 0.5) is 0 Å². The molecule has 1 aliphatic heterocycles. The summed E-state index contributed by atoms with van der Waals surface area (Å²) in [5, 5.41) is 8.67. The first kappa shape index (κ1) is 13.8. The zero-order valence-electron chi connectivity index (χ0n) is 11.5. The predicted octanol–water partition coefficient (Wildman–Crippen LogP) is 2.45. The van der Waals surface area contributed by atoms with Crippen molar-refractivity contribution in [2.24, 2.45) is 5.92 Å². The Kier molecular flexibility index (Phi) is 5.17. The summed E-state index contributed by atoms with van der Waals surface area (Å²) >= 11 is 0. The molecule has 0 N–H and O–H groups in total. The summed E-state index contributed by atoms with van der Waals surface area (Å²) in [7, 11) is 2.19. The topological polar surface area (TPSA) is 49.1 Å². The van der Waals surface area contributed by atoms with Crippen LogP contribution in [0.1, 0.15) is 31.2 Å². The fourth-order valence-corrected chi connectivity index (χ4v) is 2.43. The van der Waals surface area contributed by atoms with Crippen LogP contribution < -0.4 is 4.74 Å². The molecule has 1 aromatic rings. The van der Waals surface area contributed by atoms with E-state index < -0.39 is 0 Å². The van der Waals surface area contributed by atoms with E-state index >= 15 is 0 Å². The fourth-order valence-electron chi connectivity index (χ4n) is 2.43. The zero-order valence-corrected chi connectivity index (χ0v) is 11.5. The van der Waals surface area contributed by atoms with Gasteiger partial charge in [0.15, 0.2) is 0 Å². The molecule has 0 saturated carbocycles. The molecule has 0 aliphatic carbocycles. The van der Waals surface area contributed by atoms with Gasteiger partial charge < -0.3 is 9.64 Å². The minimum absolute atomic E-state index is 0.568. The lowest BCUT2D eigenvalue weighted by atomic mass is 9.93. The lowest BCUT2D eigenvalue weighted by Crippen LogP contribution is -2.30. The monoisotopic (exact) mass is 259 g/mol. The van der Waals surface area contributed by atoms with E-state index in [1.807, 2.05) is 6.07 Å². The van der Waals surface area contributed by atoms with E-state index in [0.717, 1.165) is 12.3 Å².